The molecule has 26 heavy (non-hydrogen) atoms. The number of methoxy groups -OCH3 is 1. The lowest BCUT2D eigenvalue weighted by Crippen LogP contribution is -2.05. The number of benzene rings is 3. The van der Waals surface area contributed by atoms with Crippen LogP contribution in [0.2, 0.25) is 0 Å². The molecule has 4 nitrogen and oxygen atoms in total. The Balaban J connectivity index is 1.73. The van der Waals surface area contributed by atoms with Gasteiger partial charge in [0.25, 0.3) is 0 Å². The number of imidazole rings is 1. The van der Waals surface area contributed by atoms with E-state index in [1.807, 2.05) is 66.7 Å². The molecule has 1 aromatic heterocycles. The Hall–Kier alpha value is -2.92. The third kappa shape index (κ3) is 3.26. The van der Waals surface area contributed by atoms with Gasteiger partial charge in [-0.1, -0.05) is 18.2 Å². The van der Waals surface area contributed by atoms with Crippen LogP contribution in [0.25, 0.3) is 16.7 Å². The average Bonchev–Trinajstić information content (AvgIpc) is 3.05. The van der Waals surface area contributed by atoms with Gasteiger partial charge in [0.2, 0.25) is 0 Å². The molecule has 0 saturated carbocycles. The minimum Gasteiger partial charge on any atom is -0.497 e. The zero-order valence-electron chi connectivity index (χ0n) is 14.3. The van der Waals surface area contributed by atoms with Crippen molar-refractivity contribution in [3.63, 3.8) is 0 Å². The minimum absolute atomic E-state index is 0.359. The van der Waals surface area contributed by atoms with Crippen LogP contribution in [0.3, 0.4) is 0 Å². The topological polar surface area (TPSA) is 36.3 Å². The quantitative estimate of drug-likeness (QED) is 0.513. The fourth-order valence-electron chi connectivity index (χ4n) is 2.91. The minimum atomic E-state index is 0.359. The van der Waals surface area contributed by atoms with E-state index in [2.05, 4.69) is 23.3 Å². The van der Waals surface area contributed by atoms with Gasteiger partial charge in [0.1, 0.15) is 18.1 Å². The van der Waals surface area contributed by atoms with Crippen molar-refractivity contribution in [2.45, 2.75) is 11.5 Å². The zero-order chi connectivity index (χ0) is 17.9. The predicted molar refractivity (Wildman–Crippen MR) is 106 cm³/mol. The molecular weight excluding hydrogens is 344 g/mol. The van der Waals surface area contributed by atoms with Crippen molar-refractivity contribution < 1.29 is 9.47 Å². The summed E-state index contributed by atoms with van der Waals surface area (Å²) < 4.78 is 13.3. The molecule has 0 spiro atoms. The number of rotatable bonds is 5. The van der Waals surface area contributed by atoms with Crippen molar-refractivity contribution in [2.24, 2.45) is 0 Å². The third-order valence-electron chi connectivity index (χ3n) is 4.15. The van der Waals surface area contributed by atoms with Crippen LogP contribution in [0.15, 0.2) is 77.7 Å². The first-order chi connectivity index (χ1) is 12.7. The smallest absolute Gasteiger partial charge is 0.152 e. The highest BCUT2D eigenvalue weighted by Crippen LogP contribution is 2.25. The van der Waals surface area contributed by atoms with Gasteiger partial charge in [-0.3, -0.25) is 4.57 Å². The third-order valence-corrected chi connectivity index (χ3v) is 4.42. The summed E-state index contributed by atoms with van der Waals surface area (Å²) in [5.74, 6) is 2.42. The molecule has 4 rings (SSSR count). The van der Waals surface area contributed by atoms with Crippen molar-refractivity contribution in [3.8, 4) is 17.2 Å². The van der Waals surface area contributed by atoms with E-state index >= 15 is 0 Å². The van der Waals surface area contributed by atoms with E-state index in [0.29, 0.717) is 6.61 Å². The normalized spacial score (nSPS) is 10.8. The Morgan fingerprint density at radius 2 is 1.73 bits per heavy atom. The molecule has 0 unspecified atom stereocenters. The molecule has 1 heterocycles. The van der Waals surface area contributed by atoms with Crippen LogP contribution in [0, 0.1) is 0 Å². The predicted octanol–water partition coefficient (Wildman–Crippen LogP) is 4.90. The Labute approximate surface area is 157 Å². The van der Waals surface area contributed by atoms with E-state index < -0.39 is 0 Å². The zero-order valence-corrected chi connectivity index (χ0v) is 15.2. The molecule has 0 amide bonds. The molecule has 0 atom stereocenters. The van der Waals surface area contributed by atoms with Crippen LogP contribution in [0.1, 0.15) is 5.82 Å². The lowest BCUT2D eigenvalue weighted by molar-refractivity contribution is 0.294. The van der Waals surface area contributed by atoms with Crippen LogP contribution < -0.4 is 9.47 Å². The van der Waals surface area contributed by atoms with Gasteiger partial charge in [-0.2, -0.15) is 0 Å². The van der Waals surface area contributed by atoms with E-state index in [-0.39, 0.29) is 0 Å². The fourth-order valence-corrected chi connectivity index (χ4v) is 3.13. The number of ether oxygens (including phenoxy) is 2. The summed E-state index contributed by atoms with van der Waals surface area (Å²) in [7, 11) is 1.66. The Morgan fingerprint density at radius 3 is 2.50 bits per heavy atom. The maximum Gasteiger partial charge on any atom is 0.152 e. The average molecular weight is 362 g/mol. The molecular formula is C21H18N2O2S. The summed E-state index contributed by atoms with van der Waals surface area (Å²) in [4.78, 5) is 5.62. The van der Waals surface area contributed by atoms with Gasteiger partial charge in [0, 0.05) is 10.6 Å². The van der Waals surface area contributed by atoms with Crippen LogP contribution in [-0.2, 0) is 6.61 Å². The fraction of sp³-hybridized carbons (Fsp3) is 0.0952. The molecule has 0 bridgehead atoms. The molecule has 4 aromatic rings. The van der Waals surface area contributed by atoms with Gasteiger partial charge in [-0.05, 0) is 54.6 Å². The monoisotopic (exact) mass is 362 g/mol. The molecule has 0 radical (unpaired) electrons. The maximum absolute atomic E-state index is 5.95. The highest BCUT2D eigenvalue weighted by atomic mass is 32.1. The Bertz CT molecular complexity index is 1040. The summed E-state index contributed by atoms with van der Waals surface area (Å²) in [6.45, 7) is 0.359. The molecule has 5 heteroatoms. The second-order valence-corrected chi connectivity index (χ2v) is 6.35. The summed E-state index contributed by atoms with van der Waals surface area (Å²) in [6.07, 6.45) is 0. The molecule has 0 fully saturated rings. The molecule has 0 aliphatic heterocycles. The number of nitrogens with zero attached hydrogens (tertiary/aromatic N) is 2. The lowest BCUT2D eigenvalue weighted by atomic mass is 10.2. The molecule has 0 aliphatic rings. The first kappa shape index (κ1) is 16.5. The summed E-state index contributed by atoms with van der Waals surface area (Å²) in [6, 6.07) is 23.6. The van der Waals surface area contributed by atoms with Crippen LogP contribution in [-0.4, -0.2) is 16.7 Å². The summed E-state index contributed by atoms with van der Waals surface area (Å²) >= 11 is 4.36. The van der Waals surface area contributed by atoms with Crippen molar-refractivity contribution in [1.29, 1.82) is 0 Å². The van der Waals surface area contributed by atoms with Crippen molar-refractivity contribution in [2.75, 3.05) is 7.11 Å². The van der Waals surface area contributed by atoms with E-state index in [4.69, 9.17) is 14.5 Å². The van der Waals surface area contributed by atoms with Gasteiger partial charge in [-0.25, -0.2) is 4.98 Å². The Morgan fingerprint density at radius 1 is 0.923 bits per heavy atom. The van der Waals surface area contributed by atoms with E-state index in [1.54, 1.807) is 7.11 Å². The number of aromatic nitrogens is 2. The largest absolute Gasteiger partial charge is 0.497 e. The van der Waals surface area contributed by atoms with Gasteiger partial charge in [-0.15, -0.1) is 12.6 Å². The molecule has 0 aliphatic carbocycles. The van der Waals surface area contributed by atoms with Gasteiger partial charge in [0.15, 0.2) is 5.82 Å². The number of fused-ring (bicyclic) bond motifs is 1. The standard InChI is InChI=1S/C21H18N2O2S/c1-24-16-11-9-15(10-12-16)23-20-8-3-2-7-19(20)22-21(23)14-25-17-5-4-6-18(26)13-17/h2-13,26H,14H2,1H3. The number of thiol groups is 1. The lowest BCUT2D eigenvalue weighted by Gasteiger charge is -2.11. The second-order valence-electron chi connectivity index (χ2n) is 5.84. The highest BCUT2D eigenvalue weighted by Gasteiger charge is 2.13. The first-order valence-corrected chi connectivity index (χ1v) is 8.72. The van der Waals surface area contributed by atoms with E-state index in [1.165, 1.54) is 0 Å². The van der Waals surface area contributed by atoms with Crippen LogP contribution in [0.4, 0.5) is 0 Å². The second kappa shape index (κ2) is 7.14. The molecule has 0 saturated heterocycles. The van der Waals surface area contributed by atoms with Gasteiger partial charge >= 0.3 is 0 Å². The number of para-hydroxylation sites is 2. The molecule has 3 aromatic carbocycles. The van der Waals surface area contributed by atoms with E-state index in [9.17, 15) is 0 Å². The van der Waals surface area contributed by atoms with Crippen molar-refractivity contribution in [3.05, 3.63) is 78.6 Å². The summed E-state index contributed by atoms with van der Waals surface area (Å²) in [5.41, 5.74) is 2.99. The number of hydrogen-bond donors (Lipinski definition) is 1. The highest BCUT2D eigenvalue weighted by molar-refractivity contribution is 7.80. The maximum atomic E-state index is 5.95. The van der Waals surface area contributed by atoms with Crippen LogP contribution >= 0.6 is 12.6 Å². The molecule has 130 valence electrons. The SMILES string of the molecule is COc1ccc(-n2c(COc3cccc(S)c3)nc3ccccc32)cc1. The summed E-state index contributed by atoms with van der Waals surface area (Å²) in [5, 5.41) is 0. The van der Waals surface area contributed by atoms with Crippen molar-refractivity contribution >= 4 is 23.7 Å². The Kier molecular flexibility index (Phi) is 4.54. The first-order valence-electron chi connectivity index (χ1n) is 8.27. The van der Waals surface area contributed by atoms with Crippen LogP contribution in [0.5, 0.6) is 11.5 Å². The van der Waals surface area contributed by atoms with E-state index in [0.717, 1.165) is 38.9 Å². The van der Waals surface area contributed by atoms with Gasteiger partial charge in [0.05, 0.1) is 18.1 Å². The molecule has 0 N–H and O–H groups in total. The van der Waals surface area contributed by atoms with Gasteiger partial charge < -0.3 is 9.47 Å². The number of hydrogen-bond acceptors (Lipinski definition) is 4. The van der Waals surface area contributed by atoms with Crippen molar-refractivity contribution in [1.82, 2.24) is 9.55 Å².